The number of sulfonamides is 1. The lowest BCUT2D eigenvalue weighted by atomic mass is 10.3. The molecule has 30 heavy (non-hydrogen) atoms. The Kier molecular flexibility index (Phi) is 6.58. The summed E-state index contributed by atoms with van der Waals surface area (Å²) in [5.41, 5.74) is 1.46. The van der Waals surface area contributed by atoms with Crippen LogP contribution in [0.1, 0.15) is 13.3 Å². The number of hydrogen-bond acceptors (Lipinski definition) is 6. The van der Waals surface area contributed by atoms with Gasteiger partial charge in [-0.2, -0.15) is 0 Å². The summed E-state index contributed by atoms with van der Waals surface area (Å²) in [6.07, 6.45) is 0.0562. The highest BCUT2D eigenvalue weighted by molar-refractivity contribution is 7.89. The van der Waals surface area contributed by atoms with Crippen LogP contribution in [0.15, 0.2) is 58.2 Å². The van der Waals surface area contributed by atoms with Crippen LogP contribution in [0.3, 0.4) is 0 Å². The first-order valence-electron chi connectivity index (χ1n) is 9.40. The van der Waals surface area contributed by atoms with E-state index in [1.54, 1.807) is 9.13 Å². The van der Waals surface area contributed by atoms with E-state index < -0.39 is 16.0 Å². The van der Waals surface area contributed by atoms with Crippen molar-refractivity contribution in [3.63, 3.8) is 0 Å². The number of nitrogens with two attached hydrogens (primary N) is 1. The van der Waals surface area contributed by atoms with Crippen molar-refractivity contribution < 1.29 is 22.7 Å². The number of primary sulfonamides is 1. The lowest BCUT2D eigenvalue weighted by Gasteiger charge is -2.08. The SMILES string of the molecule is CCn1c(=O)n(CCC(=O)OCCOc2ccc(S(N)(=O)=O)cc2)c2ccccc21. The second-order valence-electron chi connectivity index (χ2n) is 6.50. The summed E-state index contributed by atoms with van der Waals surface area (Å²) in [7, 11) is -3.75. The minimum atomic E-state index is -3.75. The Morgan fingerprint density at radius 2 is 1.63 bits per heavy atom. The Hall–Kier alpha value is -3.11. The zero-order chi connectivity index (χ0) is 21.7. The molecule has 3 aromatic rings. The number of aryl methyl sites for hydroxylation is 2. The topological polar surface area (TPSA) is 123 Å². The van der Waals surface area contributed by atoms with Crippen LogP contribution in [-0.2, 0) is 32.6 Å². The fourth-order valence-corrected chi connectivity index (χ4v) is 3.63. The first kappa shape index (κ1) is 21.6. The molecule has 10 heteroatoms. The number of hydrogen-bond donors (Lipinski definition) is 1. The number of fused-ring (bicyclic) bond motifs is 1. The van der Waals surface area contributed by atoms with E-state index in [2.05, 4.69) is 0 Å². The number of benzene rings is 2. The standard InChI is InChI=1S/C20H23N3O6S/c1-2-22-17-5-3-4-6-18(17)23(20(22)25)12-11-19(24)29-14-13-28-15-7-9-16(10-8-15)30(21,26)27/h3-10H,2,11-14H2,1H3,(H2,21,26,27). The van der Waals surface area contributed by atoms with Crippen molar-refractivity contribution in [2.24, 2.45) is 5.14 Å². The van der Waals surface area contributed by atoms with Gasteiger partial charge in [-0.25, -0.2) is 18.4 Å². The van der Waals surface area contributed by atoms with Gasteiger partial charge in [0.25, 0.3) is 0 Å². The van der Waals surface area contributed by atoms with Crippen LogP contribution in [0.2, 0.25) is 0 Å². The molecule has 0 aliphatic carbocycles. The molecule has 2 aromatic carbocycles. The minimum Gasteiger partial charge on any atom is -0.490 e. The van der Waals surface area contributed by atoms with Gasteiger partial charge >= 0.3 is 11.7 Å². The molecule has 0 unspecified atom stereocenters. The number of rotatable bonds is 9. The van der Waals surface area contributed by atoms with Crippen LogP contribution in [0.4, 0.5) is 0 Å². The second kappa shape index (κ2) is 9.14. The number of imidazole rings is 1. The average Bonchev–Trinajstić information content (AvgIpc) is 3.00. The first-order chi connectivity index (χ1) is 14.3. The molecular formula is C20H23N3O6S. The zero-order valence-corrected chi connectivity index (χ0v) is 17.3. The minimum absolute atomic E-state index is 0.0130. The highest BCUT2D eigenvalue weighted by Crippen LogP contribution is 2.15. The van der Waals surface area contributed by atoms with E-state index in [0.29, 0.717) is 12.3 Å². The molecule has 1 heterocycles. The normalized spacial score (nSPS) is 11.5. The summed E-state index contributed by atoms with van der Waals surface area (Å²) in [5.74, 6) is -0.0132. The molecule has 0 radical (unpaired) electrons. The van der Waals surface area contributed by atoms with Crippen LogP contribution < -0.4 is 15.6 Å². The molecule has 0 aliphatic heterocycles. The summed E-state index contributed by atoms with van der Waals surface area (Å²) in [6.45, 7) is 2.80. The fraction of sp³-hybridized carbons (Fsp3) is 0.300. The lowest BCUT2D eigenvalue weighted by Crippen LogP contribution is -2.25. The Bertz CT molecular complexity index is 1200. The van der Waals surface area contributed by atoms with Crippen molar-refractivity contribution in [1.82, 2.24) is 9.13 Å². The molecule has 0 bridgehead atoms. The van der Waals surface area contributed by atoms with Gasteiger partial charge in [0.05, 0.1) is 22.3 Å². The molecule has 0 saturated carbocycles. The second-order valence-corrected chi connectivity index (χ2v) is 8.06. The van der Waals surface area contributed by atoms with E-state index in [0.717, 1.165) is 11.0 Å². The van der Waals surface area contributed by atoms with Gasteiger partial charge in [0.1, 0.15) is 19.0 Å². The molecule has 1 aromatic heterocycles. The van der Waals surface area contributed by atoms with E-state index in [1.165, 1.54) is 24.3 Å². The van der Waals surface area contributed by atoms with Gasteiger partial charge in [-0.05, 0) is 43.3 Å². The molecule has 0 aliphatic rings. The molecule has 0 fully saturated rings. The third-order valence-electron chi connectivity index (χ3n) is 4.55. The van der Waals surface area contributed by atoms with Crippen LogP contribution in [0.25, 0.3) is 11.0 Å². The predicted octanol–water partition coefficient (Wildman–Crippen LogP) is 1.48. The maximum absolute atomic E-state index is 12.5. The zero-order valence-electron chi connectivity index (χ0n) is 16.5. The van der Waals surface area contributed by atoms with Crippen LogP contribution in [-0.4, -0.2) is 36.7 Å². The monoisotopic (exact) mass is 433 g/mol. The highest BCUT2D eigenvalue weighted by atomic mass is 32.2. The van der Waals surface area contributed by atoms with Gasteiger partial charge in [-0.1, -0.05) is 12.1 Å². The molecule has 160 valence electrons. The lowest BCUT2D eigenvalue weighted by molar-refractivity contribution is -0.144. The number of ether oxygens (including phenoxy) is 2. The van der Waals surface area contributed by atoms with E-state index in [-0.39, 0.29) is 36.8 Å². The van der Waals surface area contributed by atoms with E-state index in [4.69, 9.17) is 14.6 Å². The maximum atomic E-state index is 12.5. The molecular weight excluding hydrogens is 410 g/mol. The molecule has 2 N–H and O–H groups in total. The fourth-order valence-electron chi connectivity index (χ4n) is 3.11. The van der Waals surface area contributed by atoms with Crippen LogP contribution in [0.5, 0.6) is 5.75 Å². The Balaban J connectivity index is 1.49. The van der Waals surface area contributed by atoms with Crippen molar-refractivity contribution in [3.05, 3.63) is 59.0 Å². The van der Waals surface area contributed by atoms with Gasteiger partial charge in [-0.15, -0.1) is 0 Å². The molecule has 0 saturated heterocycles. The van der Waals surface area contributed by atoms with Crippen molar-refractivity contribution >= 4 is 27.0 Å². The van der Waals surface area contributed by atoms with Gasteiger partial charge in [0.2, 0.25) is 10.0 Å². The number of para-hydroxylation sites is 2. The number of carbonyl (C=O) groups is 1. The summed E-state index contributed by atoms with van der Waals surface area (Å²) >= 11 is 0. The van der Waals surface area contributed by atoms with Crippen LogP contribution >= 0.6 is 0 Å². The summed E-state index contributed by atoms with van der Waals surface area (Å²) in [5, 5.41) is 5.03. The molecule has 0 atom stereocenters. The third-order valence-corrected chi connectivity index (χ3v) is 5.48. The smallest absolute Gasteiger partial charge is 0.329 e. The number of nitrogens with zero attached hydrogens (tertiary/aromatic N) is 2. The van der Waals surface area contributed by atoms with Crippen molar-refractivity contribution in [2.75, 3.05) is 13.2 Å². The van der Waals surface area contributed by atoms with Gasteiger partial charge < -0.3 is 9.47 Å². The number of carbonyl (C=O) groups excluding carboxylic acids is 1. The van der Waals surface area contributed by atoms with Gasteiger partial charge in [0.15, 0.2) is 0 Å². The van der Waals surface area contributed by atoms with Gasteiger partial charge in [0, 0.05) is 13.1 Å². The van der Waals surface area contributed by atoms with Crippen molar-refractivity contribution in [3.8, 4) is 5.75 Å². The third kappa shape index (κ3) is 4.89. The molecule has 0 amide bonds. The summed E-state index contributed by atoms with van der Waals surface area (Å²) < 4.78 is 36.2. The molecule has 9 nitrogen and oxygen atoms in total. The average molecular weight is 433 g/mol. The van der Waals surface area contributed by atoms with Crippen molar-refractivity contribution in [1.29, 1.82) is 0 Å². The quantitative estimate of drug-likeness (QED) is 0.403. The Labute approximate surface area is 173 Å². The number of esters is 1. The van der Waals surface area contributed by atoms with Crippen molar-refractivity contribution in [2.45, 2.75) is 31.3 Å². The maximum Gasteiger partial charge on any atom is 0.329 e. The van der Waals surface area contributed by atoms with E-state index in [1.807, 2.05) is 31.2 Å². The molecule has 0 spiro atoms. The first-order valence-corrected chi connectivity index (χ1v) is 10.9. The summed E-state index contributed by atoms with van der Waals surface area (Å²) in [4.78, 5) is 24.6. The Morgan fingerprint density at radius 3 is 2.23 bits per heavy atom. The van der Waals surface area contributed by atoms with Crippen LogP contribution in [0, 0.1) is 0 Å². The van der Waals surface area contributed by atoms with E-state index in [9.17, 15) is 18.0 Å². The predicted molar refractivity (Wildman–Crippen MR) is 111 cm³/mol. The number of aromatic nitrogens is 2. The molecule has 3 rings (SSSR count). The summed E-state index contributed by atoms with van der Waals surface area (Å²) in [6, 6.07) is 13.1. The Morgan fingerprint density at radius 1 is 1.00 bits per heavy atom. The largest absolute Gasteiger partial charge is 0.490 e. The van der Waals surface area contributed by atoms with Gasteiger partial charge in [-0.3, -0.25) is 13.9 Å². The highest BCUT2D eigenvalue weighted by Gasteiger charge is 2.13. The van der Waals surface area contributed by atoms with E-state index >= 15 is 0 Å².